The van der Waals surface area contributed by atoms with E-state index in [4.69, 9.17) is 0 Å². The van der Waals surface area contributed by atoms with Crippen LogP contribution in [0.5, 0.6) is 0 Å². The SMILES string of the molecule is BrC1(C2(Br)C3(CC3)C23CC3)CC1. The lowest BCUT2D eigenvalue weighted by Gasteiger charge is -2.16. The molecular formula is C10H12Br2. The minimum absolute atomic E-state index is 0.521. The molecule has 0 heterocycles. The van der Waals surface area contributed by atoms with Gasteiger partial charge in [-0.05, 0) is 49.4 Å². The average molecular weight is 292 g/mol. The molecule has 0 nitrogen and oxygen atoms in total. The fourth-order valence-corrected chi connectivity index (χ4v) is 6.81. The zero-order valence-electron chi connectivity index (χ0n) is 7.00. The quantitative estimate of drug-likeness (QED) is 0.647. The molecule has 4 rings (SSSR count). The molecule has 2 spiro atoms. The van der Waals surface area contributed by atoms with Crippen LogP contribution in [0, 0.1) is 10.8 Å². The molecule has 4 saturated carbocycles. The van der Waals surface area contributed by atoms with Crippen molar-refractivity contribution >= 4 is 31.9 Å². The highest BCUT2D eigenvalue weighted by Gasteiger charge is 2.99. The lowest BCUT2D eigenvalue weighted by Crippen LogP contribution is -2.21. The van der Waals surface area contributed by atoms with Crippen LogP contribution in [0.25, 0.3) is 0 Å². The summed E-state index contributed by atoms with van der Waals surface area (Å²) in [5, 5.41) is 0. The van der Waals surface area contributed by atoms with E-state index in [2.05, 4.69) is 31.9 Å². The van der Waals surface area contributed by atoms with Crippen molar-refractivity contribution in [3.05, 3.63) is 0 Å². The fourth-order valence-electron chi connectivity index (χ4n) is 4.00. The van der Waals surface area contributed by atoms with Gasteiger partial charge in [0.2, 0.25) is 0 Å². The molecule has 0 atom stereocenters. The van der Waals surface area contributed by atoms with E-state index >= 15 is 0 Å². The Kier molecular flexibility index (Phi) is 0.909. The van der Waals surface area contributed by atoms with E-state index < -0.39 is 0 Å². The summed E-state index contributed by atoms with van der Waals surface area (Å²) >= 11 is 8.05. The van der Waals surface area contributed by atoms with E-state index in [1.165, 1.54) is 38.5 Å². The fraction of sp³-hybridized carbons (Fsp3) is 1.00. The molecule has 0 aromatic heterocycles. The third-order valence-corrected chi connectivity index (χ3v) is 9.18. The largest absolute Gasteiger partial charge is 0.0838 e. The molecule has 0 amide bonds. The number of halogens is 2. The van der Waals surface area contributed by atoms with Gasteiger partial charge in [-0.2, -0.15) is 0 Å². The molecular weight excluding hydrogens is 280 g/mol. The van der Waals surface area contributed by atoms with Crippen LogP contribution in [-0.4, -0.2) is 8.65 Å². The Morgan fingerprint density at radius 1 is 0.667 bits per heavy atom. The van der Waals surface area contributed by atoms with Gasteiger partial charge in [0.25, 0.3) is 0 Å². The first kappa shape index (κ1) is 7.28. The maximum absolute atomic E-state index is 4.09. The van der Waals surface area contributed by atoms with E-state index in [0.717, 1.165) is 10.8 Å². The molecule has 0 bridgehead atoms. The van der Waals surface area contributed by atoms with Crippen molar-refractivity contribution in [3.8, 4) is 0 Å². The number of hydrogen-bond acceptors (Lipinski definition) is 0. The van der Waals surface area contributed by atoms with E-state index in [0.29, 0.717) is 8.65 Å². The summed E-state index contributed by atoms with van der Waals surface area (Å²) in [6.45, 7) is 0. The summed E-state index contributed by atoms with van der Waals surface area (Å²) in [5.41, 5.74) is 1.56. The summed E-state index contributed by atoms with van der Waals surface area (Å²) in [6.07, 6.45) is 8.83. The molecule has 2 heteroatoms. The predicted molar refractivity (Wildman–Crippen MR) is 55.9 cm³/mol. The number of fused-ring (bicyclic) bond motifs is 1. The van der Waals surface area contributed by atoms with Gasteiger partial charge < -0.3 is 0 Å². The standard InChI is InChI=1S/C10H12Br2/c11-9(5-6-9)10(12)7(1-2-7)8(10)3-4-8/h1-6H2. The second kappa shape index (κ2) is 1.50. The molecule has 4 fully saturated rings. The Balaban J connectivity index is 1.85. The molecule has 0 radical (unpaired) electrons. The Morgan fingerprint density at radius 3 is 1.33 bits per heavy atom. The molecule has 0 N–H and O–H groups in total. The number of hydrogen-bond donors (Lipinski definition) is 0. The summed E-state index contributed by atoms with van der Waals surface area (Å²) in [4.78, 5) is 0. The molecule has 0 saturated heterocycles. The third kappa shape index (κ3) is 0.436. The van der Waals surface area contributed by atoms with Gasteiger partial charge in [-0.25, -0.2) is 0 Å². The van der Waals surface area contributed by atoms with Crippen molar-refractivity contribution in [3.63, 3.8) is 0 Å². The van der Waals surface area contributed by atoms with Gasteiger partial charge in [0, 0.05) is 4.32 Å². The third-order valence-electron chi connectivity index (χ3n) is 4.98. The van der Waals surface area contributed by atoms with Crippen molar-refractivity contribution in [1.82, 2.24) is 0 Å². The van der Waals surface area contributed by atoms with E-state index in [9.17, 15) is 0 Å². The highest BCUT2D eigenvalue weighted by Crippen LogP contribution is 3.01. The molecule has 0 aromatic rings. The van der Waals surface area contributed by atoms with Crippen LogP contribution < -0.4 is 0 Å². The van der Waals surface area contributed by atoms with Crippen LogP contribution in [0.2, 0.25) is 0 Å². The Hall–Kier alpha value is 0.960. The second-order valence-electron chi connectivity index (χ2n) is 5.29. The van der Waals surface area contributed by atoms with E-state index in [1.54, 1.807) is 0 Å². The van der Waals surface area contributed by atoms with Crippen molar-refractivity contribution in [2.75, 3.05) is 0 Å². The molecule has 4 aliphatic rings. The van der Waals surface area contributed by atoms with E-state index in [-0.39, 0.29) is 0 Å². The smallest absolute Gasteiger partial charge is 0.0534 e. The predicted octanol–water partition coefficient (Wildman–Crippen LogP) is 3.62. The number of rotatable bonds is 1. The first-order valence-electron chi connectivity index (χ1n) is 5.00. The first-order valence-corrected chi connectivity index (χ1v) is 6.59. The zero-order valence-corrected chi connectivity index (χ0v) is 10.2. The van der Waals surface area contributed by atoms with Crippen LogP contribution >= 0.6 is 31.9 Å². The molecule has 12 heavy (non-hydrogen) atoms. The summed E-state index contributed by atoms with van der Waals surface area (Å²) < 4.78 is 1.06. The Bertz CT molecular complexity index is 264. The molecule has 0 unspecified atom stereocenters. The lowest BCUT2D eigenvalue weighted by molar-refractivity contribution is 0.716. The molecule has 0 aromatic carbocycles. The van der Waals surface area contributed by atoms with Gasteiger partial charge in [-0.15, -0.1) is 0 Å². The van der Waals surface area contributed by atoms with Crippen molar-refractivity contribution in [1.29, 1.82) is 0 Å². The van der Waals surface area contributed by atoms with Crippen LogP contribution in [0.1, 0.15) is 38.5 Å². The van der Waals surface area contributed by atoms with E-state index in [1.807, 2.05) is 0 Å². The summed E-state index contributed by atoms with van der Waals surface area (Å²) in [7, 11) is 0. The van der Waals surface area contributed by atoms with Crippen molar-refractivity contribution in [2.24, 2.45) is 10.8 Å². The van der Waals surface area contributed by atoms with Crippen LogP contribution in [0.15, 0.2) is 0 Å². The number of alkyl halides is 2. The first-order chi connectivity index (χ1) is 5.62. The van der Waals surface area contributed by atoms with Gasteiger partial charge >= 0.3 is 0 Å². The maximum Gasteiger partial charge on any atom is 0.0534 e. The zero-order chi connectivity index (χ0) is 8.24. The lowest BCUT2D eigenvalue weighted by atomic mass is 10.2. The van der Waals surface area contributed by atoms with Crippen LogP contribution in [0.4, 0.5) is 0 Å². The van der Waals surface area contributed by atoms with Gasteiger partial charge in [0.1, 0.15) is 0 Å². The highest BCUT2D eigenvalue weighted by atomic mass is 79.9. The van der Waals surface area contributed by atoms with Crippen LogP contribution in [0.3, 0.4) is 0 Å². The summed E-state index contributed by atoms with van der Waals surface area (Å²) in [6, 6.07) is 0. The average Bonchev–Trinajstić information content (AvgIpc) is 2.86. The minimum Gasteiger partial charge on any atom is -0.0838 e. The monoisotopic (exact) mass is 290 g/mol. The van der Waals surface area contributed by atoms with Crippen LogP contribution in [-0.2, 0) is 0 Å². The van der Waals surface area contributed by atoms with Gasteiger partial charge in [-0.1, -0.05) is 31.9 Å². The Labute approximate surface area is 89.7 Å². The summed E-state index contributed by atoms with van der Waals surface area (Å²) in [5.74, 6) is 0. The topological polar surface area (TPSA) is 0 Å². The molecule has 4 aliphatic carbocycles. The second-order valence-corrected chi connectivity index (χ2v) is 8.00. The highest BCUT2D eigenvalue weighted by molar-refractivity contribution is 9.13. The Morgan fingerprint density at radius 2 is 1.08 bits per heavy atom. The molecule has 66 valence electrons. The minimum atomic E-state index is 0.521. The normalized spacial score (nSPS) is 44.5. The van der Waals surface area contributed by atoms with Gasteiger partial charge in [-0.3, -0.25) is 0 Å². The van der Waals surface area contributed by atoms with Crippen molar-refractivity contribution in [2.45, 2.75) is 47.2 Å². The molecule has 0 aliphatic heterocycles. The van der Waals surface area contributed by atoms with Crippen molar-refractivity contribution < 1.29 is 0 Å². The van der Waals surface area contributed by atoms with Gasteiger partial charge in [0.15, 0.2) is 0 Å². The maximum atomic E-state index is 4.09. The van der Waals surface area contributed by atoms with Gasteiger partial charge in [0.05, 0.1) is 4.32 Å².